The minimum atomic E-state index is -5.02. The monoisotopic (exact) mass is 605 g/mol. The van der Waals surface area contributed by atoms with Gasteiger partial charge in [-0.25, -0.2) is 4.79 Å². The molecular weight excluding hydrogens is 576 g/mol. The van der Waals surface area contributed by atoms with Crippen LogP contribution in [0.2, 0.25) is 0 Å². The summed E-state index contributed by atoms with van der Waals surface area (Å²) in [6.45, 7) is 3.83. The number of rotatable bonds is 6. The number of fused-ring (bicyclic) bond motifs is 1. The van der Waals surface area contributed by atoms with Crippen molar-refractivity contribution in [2.24, 2.45) is 0 Å². The number of methoxy groups -OCH3 is 1. The maximum atomic E-state index is 13.6. The maximum absolute atomic E-state index is 13.6. The maximum Gasteiger partial charge on any atom is 0.416 e. The summed E-state index contributed by atoms with van der Waals surface area (Å²) < 4.78 is 91.6. The first-order chi connectivity index (χ1) is 20.2. The van der Waals surface area contributed by atoms with Crippen LogP contribution >= 0.6 is 0 Å². The molecule has 5 rings (SSSR count). The van der Waals surface area contributed by atoms with Crippen LogP contribution in [0.15, 0.2) is 54.6 Å². The summed E-state index contributed by atoms with van der Waals surface area (Å²) in [7, 11) is 1.33. The summed E-state index contributed by atoms with van der Waals surface area (Å²) >= 11 is 0. The highest BCUT2D eigenvalue weighted by atomic mass is 19.4. The molecule has 5 nitrogen and oxygen atoms in total. The van der Waals surface area contributed by atoms with E-state index in [4.69, 9.17) is 9.47 Å². The first-order valence-corrected chi connectivity index (χ1v) is 13.7. The summed E-state index contributed by atoms with van der Waals surface area (Å²) in [5, 5.41) is 0. The smallest absolute Gasteiger partial charge is 0.416 e. The van der Waals surface area contributed by atoms with Gasteiger partial charge in [0.1, 0.15) is 6.10 Å². The molecule has 2 heterocycles. The van der Waals surface area contributed by atoms with Gasteiger partial charge in [-0.15, -0.1) is 0 Å². The second-order valence-corrected chi connectivity index (χ2v) is 11.0. The summed E-state index contributed by atoms with van der Waals surface area (Å²) in [6.07, 6.45) is -10.7. The molecule has 2 aliphatic heterocycles. The number of hydrogen-bond donors (Lipinski definition) is 0. The van der Waals surface area contributed by atoms with Gasteiger partial charge < -0.3 is 9.47 Å². The average Bonchev–Trinajstić information content (AvgIpc) is 3.52. The number of aryl methyl sites for hydroxylation is 3. The first kappa shape index (κ1) is 30.4. The van der Waals surface area contributed by atoms with Gasteiger partial charge in [-0.3, -0.25) is 9.69 Å². The zero-order chi connectivity index (χ0) is 31.3. The minimum absolute atomic E-state index is 0.0656. The van der Waals surface area contributed by atoms with E-state index in [-0.39, 0.29) is 24.0 Å². The molecule has 0 saturated carbocycles. The third-order valence-corrected chi connectivity index (χ3v) is 8.16. The number of alkyl halides is 6. The standard InChI is InChI=1S/C32H29F6NO4/c1-17-4-8-23(24-13-19(6-5-18(24)2)7-11-28(40)42-3)25(12-17)26-9-10-27-29(43-30(41)39(26)27)20-14-21(31(33,34)35)16-22(15-20)32(36,37)38/h4-6,8,12-16,26-27,29H,7,9-11H2,1-3H3/t26-,27-,29+/m0/s1. The number of nitrogens with zero attached hydrogens (tertiary/aromatic N) is 1. The normalized spacial score (nSPS) is 20.3. The third-order valence-electron chi connectivity index (χ3n) is 8.16. The van der Waals surface area contributed by atoms with Crippen LogP contribution in [0.5, 0.6) is 0 Å². The summed E-state index contributed by atoms with van der Waals surface area (Å²) in [5.41, 5.74) is 2.05. The Morgan fingerprint density at radius 2 is 1.58 bits per heavy atom. The van der Waals surface area contributed by atoms with Crippen LogP contribution in [-0.2, 0) is 33.0 Å². The number of benzene rings is 3. The van der Waals surface area contributed by atoms with Crippen LogP contribution in [0.25, 0.3) is 11.1 Å². The van der Waals surface area contributed by atoms with Crippen LogP contribution in [0.1, 0.15) is 70.4 Å². The van der Waals surface area contributed by atoms with Gasteiger partial charge in [0, 0.05) is 6.42 Å². The van der Waals surface area contributed by atoms with Gasteiger partial charge in [0.25, 0.3) is 0 Å². The molecule has 3 aromatic rings. The van der Waals surface area contributed by atoms with Crippen molar-refractivity contribution in [3.05, 3.63) is 93.5 Å². The molecule has 11 heteroatoms. The van der Waals surface area contributed by atoms with Crippen LogP contribution < -0.4 is 0 Å². The molecule has 228 valence electrons. The van der Waals surface area contributed by atoms with E-state index in [0.717, 1.165) is 33.4 Å². The van der Waals surface area contributed by atoms with Crippen LogP contribution in [0.3, 0.4) is 0 Å². The Balaban J connectivity index is 1.52. The van der Waals surface area contributed by atoms with Gasteiger partial charge in [0.15, 0.2) is 0 Å². The molecule has 0 N–H and O–H groups in total. The number of ether oxygens (including phenoxy) is 2. The van der Waals surface area contributed by atoms with Crippen molar-refractivity contribution in [3.8, 4) is 11.1 Å². The van der Waals surface area contributed by atoms with Gasteiger partial charge in [-0.05, 0) is 84.7 Å². The molecule has 0 bridgehead atoms. The lowest BCUT2D eigenvalue weighted by molar-refractivity contribution is -0.143. The van der Waals surface area contributed by atoms with Gasteiger partial charge in [0.2, 0.25) is 0 Å². The number of hydrogen-bond acceptors (Lipinski definition) is 4. The van der Waals surface area contributed by atoms with E-state index in [9.17, 15) is 35.9 Å². The Kier molecular flexibility index (Phi) is 7.96. The predicted molar refractivity (Wildman–Crippen MR) is 145 cm³/mol. The van der Waals surface area contributed by atoms with E-state index in [1.54, 1.807) is 0 Å². The summed E-state index contributed by atoms with van der Waals surface area (Å²) in [5.74, 6) is -0.333. The molecule has 1 amide bonds. The minimum Gasteiger partial charge on any atom is -0.469 e. The van der Waals surface area contributed by atoms with Crippen molar-refractivity contribution in [1.29, 1.82) is 0 Å². The number of halogens is 6. The fourth-order valence-electron chi connectivity index (χ4n) is 6.05. The van der Waals surface area contributed by atoms with Crippen molar-refractivity contribution < 1.29 is 45.4 Å². The molecule has 3 aromatic carbocycles. The highest BCUT2D eigenvalue weighted by Crippen LogP contribution is 2.50. The van der Waals surface area contributed by atoms with Gasteiger partial charge in [-0.1, -0.05) is 42.0 Å². The Morgan fingerprint density at radius 3 is 2.21 bits per heavy atom. The molecule has 2 saturated heterocycles. The number of amides is 1. The van der Waals surface area contributed by atoms with E-state index >= 15 is 0 Å². The number of carbonyl (C=O) groups excluding carboxylic acids is 2. The fourth-order valence-corrected chi connectivity index (χ4v) is 6.05. The van der Waals surface area contributed by atoms with E-state index in [1.165, 1.54) is 12.0 Å². The highest BCUT2D eigenvalue weighted by molar-refractivity contribution is 5.76. The van der Waals surface area contributed by atoms with E-state index < -0.39 is 47.8 Å². The number of carbonyl (C=O) groups is 2. The molecular formula is C32H29F6NO4. The van der Waals surface area contributed by atoms with Crippen LogP contribution in [-0.4, -0.2) is 30.1 Å². The number of cyclic esters (lactones) is 1. The Hall–Kier alpha value is -4.02. The lowest BCUT2D eigenvalue weighted by Crippen LogP contribution is -2.31. The van der Waals surface area contributed by atoms with E-state index in [1.807, 2.05) is 50.2 Å². The molecule has 43 heavy (non-hydrogen) atoms. The second kappa shape index (κ2) is 11.2. The van der Waals surface area contributed by atoms with E-state index in [2.05, 4.69) is 0 Å². The van der Waals surface area contributed by atoms with Gasteiger partial charge in [-0.2, -0.15) is 26.3 Å². The molecule has 3 atom stereocenters. The second-order valence-electron chi connectivity index (χ2n) is 11.0. The molecule has 2 fully saturated rings. The van der Waals surface area contributed by atoms with Crippen LogP contribution in [0.4, 0.5) is 31.1 Å². The molecule has 0 aliphatic carbocycles. The summed E-state index contributed by atoms with van der Waals surface area (Å²) in [6, 6.07) is 11.7. The van der Waals surface area contributed by atoms with Crippen molar-refractivity contribution >= 4 is 12.1 Å². The Labute approximate surface area is 244 Å². The molecule has 0 radical (unpaired) electrons. The summed E-state index contributed by atoms with van der Waals surface area (Å²) in [4.78, 5) is 26.4. The molecule has 2 aliphatic rings. The topological polar surface area (TPSA) is 55.8 Å². The Morgan fingerprint density at radius 1 is 0.907 bits per heavy atom. The predicted octanol–water partition coefficient (Wildman–Crippen LogP) is 8.51. The molecule has 0 spiro atoms. The van der Waals surface area contributed by atoms with Crippen molar-refractivity contribution in [1.82, 2.24) is 4.90 Å². The fraction of sp³-hybridized carbons (Fsp3) is 0.375. The van der Waals surface area contributed by atoms with Gasteiger partial charge >= 0.3 is 24.4 Å². The third kappa shape index (κ3) is 6.07. The lowest BCUT2D eigenvalue weighted by atomic mass is 9.89. The zero-order valence-electron chi connectivity index (χ0n) is 23.6. The molecule has 0 unspecified atom stereocenters. The SMILES string of the molecule is COC(=O)CCc1ccc(C)c(-c2ccc(C)cc2[C@@H]2CC[C@H]3[C@@H](c4cc(C(F)(F)F)cc(C(F)(F)F)c4)OC(=O)N23)c1. The van der Waals surface area contributed by atoms with Crippen molar-refractivity contribution in [3.63, 3.8) is 0 Å². The largest absolute Gasteiger partial charge is 0.469 e. The lowest BCUT2D eigenvalue weighted by Gasteiger charge is -2.26. The zero-order valence-corrected chi connectivity index (χ0v) is 23.6. The number of esters is 1. The average molecular weight is 606 g/mol. The Bertz CT molecular complexity index is 1530. The van der Waals surface area contributed by atoms with E-state index in [0.29, 0.717) is 31.4 Å². The van der Waals surface area contributed by atoms with Crippen molar-refractivity contribution in [2.75, 3.05) is 7.11 Å². The van der Waals surface area contributed by atoms with Crippen LogP contribution in [0, 0.1) is 13.8 Å². The van der Waals surface area contributed by atoms with Gasteiger partial charge in [0.05, 0.1) is 30.3 Å². The first-order valence-electron chi connectivity index (χ1n) is 13.7. The highest BCUT2D eigenvalue weighted by Gasteiger charge is 2.51. The van der Waals surface area contributed by atoms with Crippen molar-refractivity contribution in [2.45, 2.75) is 70.1 Å². The quantitative estimate of drug-likeness (QED) is 0.209. The molecule has 0 aromatic heterocycles.